The van der Waals surface area contributed by atoms with Crippen molar-refractivity contribution in [3.8, 4) is 0 Å². The van der Waals surface area contributed by atoms with Crippen LogP contribution in [0.1, 0.15) is 25.8 Å². The Morgan fingerprint density at radius 1 is 0.964 bits per heavy atom. The van der Waals surface area contributed by atoms with Crippen LogP contribution in [0.3, 0.4) is 0 Å². The highest BCUT2D eigenvalue weighted by atomic mass is 32.2. The largest absolute Gasteiger partial charge is 0.292 e. The van der Waals surface area contributed by atoms with Gasteiger partial charge in [0.15, 0.2) is 0 Å². The van der Waals surface area contributed by atoms with E-state index in [1.165, 1.54) is 5.56 Å². The van der Waals surface area contributed by atoms with E-state index in [9.17, 15) is 8.42 Å². The Morgan fingerprint density at radius 3 is 2.43 bits per heavy atom. The molecule has 0 spiro atoms. The van der Waals surface area contributed by atoms with Crippen molar-refractivity contribution in [1.29, 1.82) is 0 Å². The van der Waals surface area contributed by atoms with Crippen molar-refractivity contribution in [3.05, 3.63) is 78.4 Å². The zero-order valence-corrected chi connectivity index (χ0v) is 17.1. The van der Waals surface area contributed by atoms with Crippen LogP contribution in [0.15, 0.2) is 77.7 Å². The molecular weight excluding hydrogens is 368 g/mol. The smallest absolute Gasteiger partial charge is 0.241 e. The topological polar surface area (TPSA) is 49.4 Å². The zero-order valence-electron chi connectivity index (χ0n) is 16.3. The van der Waals surface area contributed by atoms with Crippen LogP contribution in [0.4, 0.5) is 0 Å². The molecule has 0 radical (unpaired) electrons. The highest BCUT2D eigenvalue weighted by molar-refractivity contribution is 7.89. The third kappa shape index (κ3) is 3.83. The first-order chi connectivity index (χ1) is 13.4. The Labute approximate surface area is 167 Å². The van der Waals surface area contributed by atoms with Crippen molar-refractivity contribution in [2.45, 2.75) is 43.3 Å². The Hall–Kier alpha value is -2.21. The van der Waals surface area contributed by atoms with Crippen molar-refractivity contribution in [2.24, 2.45) is 0 Å². The number of fused-ring (bicyclic) bond motifs is 1. The van der Waals surface area contributed by atoms with Gasteiger partial charge >= 0.3 is 0 Å². The molecular formula is C23H26N2O2S. The van der Waals surface area contributed by atoms with Crippen LogP contribution < -0.4 is 4.72 Å². The summed E-state index contributed by atoms with van der Waals surface area (Å²) in [6, 6.07) is 23.2. The zero-order chi connectivity index (χ0) is 19.8. The molecule has 3 aromatic rings. The lowest BCUT2D eigenvalue weighted by Gasteiger charge is -2.31. The van der Waals surface area contributed by atoms with E-state index in [1.54, 1.807) is 12.1 Å². The molecule has 1 atom stereocenters. The van der Waals surface area contributed by atoms with E-state index in [1.807, 2.05) is 48.5 Å². The van der Waals surface area contributed by atoms with Gasteiger partial charge in [-0.3, -0.25) is 4.90 Å². The molecule has 1 N–H and O–H groups in total. The summed E-state index contributed by atoms with van der Waals surface area (Å²) in [5, 5.41) is 1.69. The molecule has 0 aromatic heterocycles. The van der Waals surface area contributed by atoms with Crippen molar-refractivity contribution in [3.63, 3.8) is 0 Å². The molecule has 0 amide bonds. The van der Waals surface area contributed by atoms with Gasteiger partial charge in [0.25, 0.3) is 0 Å². The summed E-state index contributed by atoms with van der Waals surface area (Å²) in [5.41, 5.74) is 1.18. The SMILES string of the molecule is CC1(C)C[C@H](NS(=O)(=O)c2cccc3ccccc23)CN1Cc1ccccc1. The monoisotopic (exact) mass is 394 g/mol. The molecule has 4 rings (SSSR count). The number of likely N-dealkylation sites (tertiary alicyclic amines) is 1. The van der Waals surface area contributed by atoms with Gasteiger partial charge in [-0.1, -0.05) is 66.7 Å². The number of rotatable bonds is 5. The minimum absolute atomic E-state index is 0.0677. The molecule has 4 nitrogen and oxygen atoms in total. The number of hydrogen-bond donors (Lipinski definition) is 1. The van der Waals surface area contributed by atoms with Gasteiger partial charge in [-0.05, 0) is 37.3 Å². The van der Waals surface area contributed by atoms with Gasteiger partial charge < -0.3 is 0 Å². The van der Waals surface area contributed by atoms with Crippen molar-refractivity contribution < 1.29 is 8.42 Å². The average Bonchev–Trinajstić information content (AvgIpc) is 2.94. The van der Waals surface area contributed by atoms with E-state index >= 15 is 0 Å². The van der Waals surface area contributed by atoms with E-state index in [2.05, 4.69) is 35.6 Å². The summed E-state index contributed by atoms with van der Waals surface area (Å²) < 4.78 is 29.3. The summed E-state index contributed by atoms with van der Waals surface area (Å²) in [7, 11) is -3.59. The number of sulfonamides is 1. The lowest BCUT2D eigenvalue weighted by Crippen LogP contribution is -2.38. The van der Waals surface area contributed by atoms with E-state index in [4.69, 9.17) is 0 Å². The molecule has 0 saturated carbocycles. The van der Waals surface area contributed by atoms with E-state index in [0.717, 1.165) is 23.7 Å². The summed E-state index contributed by atoms with van der Waals surface area (Å²) in [4.78, 5) is 2.71. The molecule has 28 heavy (non-hydrogen) atoms. The van der Waals surface area contributed by atoms with Crippen LogP contribution in [-0.4, -0.2) is 31.4 Å². The van der Waals surface area contributed by atoms with Crippen molar-refractivity contribution in [1.82, 2.24) is 9.62 Å². The molecule has 0 bridgehead atoms. The minimum Gasteiger partial charge on any atom is -0.292 e. The van der Waals surface area contributed by atoms with Crippen LogP contribution in [0.25, 0.3) is 10.8 Å². The molecule has 1 aliphatic rings. The molecule has 1 fully saturated rings. The van der Waals surface area contributed by atoms with Gasteiger partial charge in [0.05, 0.1) is 4.90 Å². The Balaban J connectivity index is 1.55. The fourth-order valence-electron chi connectivity index (χ4n) is 4.18. The van der Waals surface area contributed by atoms with Gasteiger partial charge in [-0.15, -0.1) is 0 Å². The molecule has 3 aromatic carbocycles. The summed E-state index contributed by atoms with van der Waals surface area (Å²) in [6.45, 7) is 5.89. The minimum atomic E-state index is -3.59. The second kappa shape index (κ2) is 7.32. The maximum atomic E-state index is 13.1. The second-order valence-corrected chi connectivity index (χ2v) is 9.86. The molecule has 1 aliphatic heterocycles. The summed E-state index contributed by atoms with van der Waals surface area (Å²) in [5.74, 6) is 0. The van der Waals surface area contributed by atoms with Crippen molar-refractivity contribution in [2.75, 3.05) is 6.54 Å². The maximum Gasteiger partial charge on any atom is 0.241 e. The van der Waals surface area contributed by atoms with Gasteiger partial charge in [0.1, 0.15) is 0 Å². The normalized spacial score (nSPS) is 19.9. The van der Waals surface area contributed by atoms with Gasteiger partial charge in [0.2, 0.25) is 10.0 Å². The van der Waals surface area contributed by atoms with Gasteiger partial charge in [0, 0.05) is 30.1 Å². The number of benzene rings is 3. The number of nitrogens with one attached hydrogen (secondary N) is 1. The van der Waals surface area contributed by atoms with Crippen molar-refractivity contribution >= 4 is 20.8 Å². The molecule has 0 aliphatic carbocycles. The summed E-state index contributed by atoms with van der Waals surface area (Å²) >= 11 is 0. The number of nitrogens with zero attached hydrogens (tertiary/aromatic N) is 1. The van der Waals surface area contributed by atoms with E-state index in [0.29, 0.717) is 11.4 Å². The maximum absolute atomic E-state index is 13.1. The van der Waals surface area contributed by atoms with Gasteiger partial charge in [-0.25, -0.2) is 13.1 Å². The Morgan fingerprint density at radius 2 is 1.64 bits per heavy atom. The third-order valence-electron chi connectivity index (χ3n) is 5.62. The lowest BCUT2D eigenvalue weighted by molar-refractivity contribution is 0.166. The lowest BCUT2D eigenvalue weighted by atomic mass is 10.00. The molecule has 1 saturated heterocycles. The van der Waals surface area contributed by atoms with Crippen LogP contribution in [0.5, 0.6) is 0 Å². The van der Waals surface area contributed by atoms with Gasteiger partial charge in [-0.2, -0.15) is 0 Å². The predicted molar refractivity (Wildman–Crippen MR) is 114 cm³/mol. The first-order valence-corrected chi connectivity index (χ1v) is 11.1. The highest BCUT2D eigenvalue weighted by Gasteiger charge is 2.40. The average molecular weight is 395 g/mol. The highest BCUT2D eigenvalue weighted by Crippen LogP contribution is 2.31. The predicted octanol–water partition coefficient (Wildman–Crippen LogP) is 4.17. The van der Waals surface area contributed by atoms with Crippen LogP contribution in [-0.2, 0) is 16.6 Å². The standard InChI is InChI=1S/C23H26N2O2S/c1-23(2)15-20(17-25(23)16-18-9-4-3-5-10-18)24-28(26,27)22-14-8-12-19-11-6-7-13-21(19)22/h3-14,20,24H,15-17H2,1-2H3/t20-/m0/s1. The molecule has 1 heterocycles. The van der Waals surface area contributed by atoms with Crippen LogP contribution in [0.2, 0.25) is 0 Å². The fourth-order valence-corrected chi connectivity index (χ4v) is 5.64. The van der Waals surface area contributed by atoms with E-state index < -0.39 is 10.0 Å². The van der Waals surface area contributed by atoms with Crippen LogP contribution in [0, 0.1) is 0 Å². The van der Waals surface area contributed by atoms with E-state index in [-0.39, 0.29) is 11.6 Å². The Kier molecular flexibility index (Phi) is 5.00. The fraction of sp³-hybridized carbons (Fsp3) is 0.304. The first-order valence-electron chi connectivity index (χ1n) is 9.64. The quantitative estimate of drug-likeness (QED) is 0.707. The Bertz CT molecular complexity index is 1070. The summed E-state index contributed by atoms with van der Waals surface area (Å²) in [6.07, 6.45) is 0.782. The number of hydrogen-bond acceptors (Lipinski definition) is 3. The molecule has 0 unspecified atom stereocenters. The first kappa shape index (κ1) is 19.1. The van der Waals surface area contributed by atoms with Crippen LogP contribution >= 0.6 is 0 Å². The third-order valence-corrected chi connectivity index (χ3v) is 7.20. The second-order valence-electron chi connectivity index (χ2n) is 8.18. The molecule has 5 heteroatoms. The molecule has 146 valence electrons.